The minimum atomic E-state index is -0.289. The Morgan fingerprint density at radius 2 is 1.41 bits per heavy atom. The van der Waals surface area contributed by atoms with Gasteiger partial charge in [0.25, 0.3) is 0 Å². The number of aromatic nitrogens is 4. The van der Waals surface area contributed by atoms with Crippen LogP contribution in [0.2, 0.25) is 0 Å². The van der Waals surface area contributed by atoms with Crippen LogP contribution in [0.5, 0.6) is 0 Å². The van der Waals surface area contributed by atoms with E-state index in [1.807, 2.05) is 77.7 Å². The molecule has 7 heteroatoms. The first-order chi connectivity index (χ1) is 16.7. The molecule has 1 fully saturated rings. The van der Waals surface area contributed by atoms with E-state index in [0.29, 0.717) is 19.6 Å². The Balaban J connectivity index is 1.27. The summed E-state index contributed by atoms with van der Waals surface area (Å²) in [5.74, 6) is 0.666. The van der Waals surface area contributed by atoms with E-state index < -0.39 is 0 Å². The largest absolute Gasteiger partial charge is 0.339 e. The molecule has 1 amide bonds. The maximum Gasteiger partial charge on any atom is 0.234 e. The fourth-order valence-electron chi connectivity index (χ4n) is 4.47. The Bertz CT molecular complexity index is 1180. The first kappa shape index (κ1) is 22.0. The van der Waals surface area contributed by atoms with E-state index in [1.165, 1.54) is 5.56 Å². The summed E-state index contributed by atoms with van der Waals surface area (Å²) in [4.78, 5) is 18.0. The normalized spacial score (nSPS) is 14.5. The number of rotatable bonds is 6. The molecule has 1 saturated heterocycles. The van der Waals surface area contributed by atoms with Crippen LogP contribution in [0.3, 0.4) is 0 Å². The molecule has 0 atom stereocenters. The Morgan fingerprint density at radius 1 is 0.824 bits per heavy atom. The molecule has 2 heterocycles. The summed E-state index contributed by atoms with van der Waals surface area (Å²) >= 11 is 0. The Labute approximate surface area is 199 Å². The summed E-state index contributed by atoms with van der Waals surface area (Å²) in [5.41, 5.74) is 4.20. The molecule has 0 N–H and O–H groups in total. The van der Waals surface area contributed by atoms with Crippen molar-refractivity contribution < 1.29 is 4.79 Å². The molecule has 1 aliphatic rings. The van der Waals surface area contributed by atoms with Crippen LogP contribution in [0.15, 0.2) is 84.9 Å². The van der Waals surface area contributed by atoms with Crippen LogP contribution >= 0.6 is 0 Å². The average Bonchev–Trinajstić information content (AvgIpc) is 3.34. The quantitative estimate of drug-likeness (QED) is 0.448. The van der Waals surface area contributed by atoms with Crippen LogP contribution in [0, 0.1) is 6.92 Å². The number of amides is 1. The van der Waals surface area contributed by atoms with Gasteiger partial charge in [-0.1, -0.05) is 78.4 Å². The highest BCUT2D eigenvalue weighted by atomic mass is 16.2. The number of tetrazole rings is 1. The topological polar surface area (TPSA) is 67.2 Å². The minimum Gasteiger partial charge on any atom is -0.339 e. The Hall–Kier alpha value is -3.84. The lowest BCUT2D eigenvalue weighted by Gasteiger charge is -2.36. The highest BCUT2D eigenvalue weighted by Crippen LogP contribution is 2.27. The summed E-state index contributed by atoms with van der Waals surface area (Å²) in [6.45, 7) is 5.63. The van der Waals surface area contributed by atoms with Gasteiger partial charge in [-0.15, -0.1) is 5.10 Å². The van der Waals surface area contributed by atoms with Crippen LogP contribution < -0.4 is 0 Å². The van der Waals surface area contributed by atoms with Crippen molar-refractivity contribution >= 4 is 5.91 Å². The van der Waals surface area contributed by atoms with Gasteiger partial charge in [-0.2, -0.15) is 4.68 Å². The molecule has 0 unspecified atom stereocenters. The van der Waals surface area contributed by atoms with Crippen LogP contribution in [0.1, 0.15) is 28.4 Å². The average molecular weight is 453 g/mol. The van der Waals surface area contributed by atoms with E-state index in [4.69, 9.17) is 0 Å². The molecule has 172 valence electrons. The van der Waals surface area contributed by atoms with Gasteiger partial charge in [0.1, 0.15) is 0 Å². The molecule has 0 bridgehead atoms. The second-order valence-electron chi connectivity index (χ2n) is 8.70. The molecule has 34 heavy (non-hydrogen) atoms. The van der Waals surface area contributed by atoms with E-state index in [9.17, 15) is 4.79 Å². The predicted molar refractivity (Wildman–Crippen MR) is 130 cm³/mol. The molecule has 3 aromatic carbocycles. The van der Waals surface area contributed by atoms with Crippen molar-refractivity contribution in [1.82, 2.24) is 30.0 Å². The molecule has 0 saturated carbocycles. The number of piperazine rings is 1. The van der Waals surface area contributed by atoms with Gasteiger partial charge in [0.05, 0.1) is 18.2 Å². The molecule has 7 nitrogen and oxygen atoms in total. The second-order valence-corrected chi connectivity index (χ2v) is 8.70. The standard InChI is InChI=1S/C27H28N6O/c1-21-12-14-24(15-13-21)33-25(28-29-30-33)20-31-16-18-32(19-17-31)27(34)26(22-8-4-2-5-9-22)23-10-6-3-7-11-23/h2-15,26H,16-20H2,1H3. The lowest BCUT2D eigenvalue weighted by Crippen LogP contribution is -2.49. The summed E-state index contributed by atoms with van der Waals surface area (Å²) in [7, 11) is 0. The van der Waals surface area contributed by atoms with E-state index >= 15 is 0 Å². The van der Waals surface area contributed by atoms with Gasteiger partial charge >= 0.3 is 0 Å². The van der Waals surface area contributed by atoms with Crippen molar-refractivity contribution in [3.63, 3.8) is 0 Å². The molecule has 1 aliphatic heterocycles. The zero-order valence-electron chi connectivity index (χ0n) is 19.3. The second kappa shape index (κ2) is 9.97. The van der Waals surface area contributed by atoms with Gasteiger partial charge in [-0.25, -0.2) is 0 Å². The molecule has 4 aromatic rings. The fourth-order valence-corrected chi connectivity index (χ4v) is 4.47. The molecule has 1 aromatic heterocycles. The van der Waals surface area contributed by atoms with Crippen molar-refractivity contribution in [2.45, 2.75) is 19.4 Å². The number of benzene rings is 3. The van der Waals surface area contributed by atoms with Crippen LogP contribution in [-0.4, -0.2) is 62.1 Å². The van der Waals surface area contributed by atoms with Gasteiger partial charge in [0, 0.05) is 26.2 Å². The summed E-state index contributed by atoms with van der Waals surface area (Å²) in [5, 5.41) is 12.3. The fraction of sp³-hybridized carbons (Fsp3) is 0.259. The van der Waals surface area contributed by atoms with Crippen LogP contribution in [-0.2, 0) is 11.3 Å². The summed E-state index contributed by atoms with van der Waals surface area (Å²) in [6.07, 6.45) is 0. The van der Waals surface area contributed by atoms with Crippen molar-refractivity contribution in [2.24, 2.45) is 0 Å². The van der Waals surface area contributed by atoms with E-state index in [1.54, 1.807) is 4.68 Å². The third kappa shape index (κ3) is 4.75. The smallest absolute Gasteiger partial charge is 0.234 e. The summed E-state index contributed by atoms with van der Waals surface area (Å²) in [6, 6.07) is 28.3. The number of carbonyl (C=O) groups excluding carboxylic acids is 1. The molecule has 0 spiro atoms. The predicted octanol–water partition coefficient (Wildman–Crippen LogP) is 3.45. The van der Waals surface area contributed by atoms with Crippen molar-refractivity contribution in [3.05, 3.63) is 107 Å². The van der Waals surface area contributed by atoms with Crippen molar-refractivity contribution in [2.75, 3.05) is 26.2 Å². The Morgan fingerprint density at radius 3 is 2.00 bits per heavy atom. The lowest BCUT2D eigenvalue weighted by molar-refractivity contribution is -0.133. The first-order valence-corrected chi connectivity index (χ1v) is 11.6. The molecular formula is C27H28N6O. The third-order valence-electron chi connectivity index (χ3n) is 6.37. The van der Waals surface area contributed by atoms with Crippen molar-refractivity contribution in [1.29, 1.82) is 0 Å². The minimum absolute atomic E-state index is 0.154. The molecular weight excluding hydrogens is 424 g/mol. The van der Waals surface area contributed by atoms with Crippen LogP contribution in [0.25, 0.3) is 5.69 Å². The highest BCUT2D eigenvalue weighted by molar-refractivity contribution is 5.87. The maximum atomic E-state index is 13.7. The Kier molecular flexibility index (Phi) is 6.44. The number of hydrogen-bond acceptors (Lipinski definition) is 5. The number of hydrogen-bond donors (Lipinski definition) is 0. The van der Waals surface area contributed by atoms with Gasteiger partial charge in [-0.05, 0) is 40.6 Å². The van der Waals surface area contributed by atoms with E-state index in [0.717, 1.165) is 35.7 Å². The number of carbonyl (C=O) groups is 1. The monoisotopic (exact) mass is 452 g/mol. The molecule has 0 aliphatic carbocycles. The highest BCUT2D eigenvalue weighted by Gasteiger charge is 2.30. The van der Waals surface area contributed by atoms with Gasteiger partial charge < -0.3 is 4.90 Å². The van der Waals surface area contributed by atoms with Crippen molar-refractivity contribution in [3.8, 4) is 5.69 Å². The maximum absolute atomic E-state index is 13.7. The molecule has 5 rings (SSSR count). The van der Waals surface area contributed by atoms with Gasteiger partial charge in [0.15, 0.2) is 5.82 Å². The van der Waals surface area contributed by atoms with Crippen LogP contribution in [0.4, 0.5) is 0 Å². The third-order valence-corrected chi connectivity index (χ3v) is 6.37. The lowest BCUT2D eigenvalue weighted by atomic mass is 9.90. The number of aryl methyl sites for hydroxylation is 1. The number of nitrogens with zero attached hydrogens (tertiary/aromatic N) is 6. The SMILES string of the molecule is Cc1ccc(-n2nnnc2CN2CCN(C(=O)C(c3ccccc3)c3ccccc3)CC2)cc1. The van der Waals surface area contributed by atoms with E-state index in [-0.39, 0.29) is 11.8 Å². The zero-order valence-corrected chi connectivity index (χ0v) is 19.3. The summed E-state index contributed by atoms with van der Waals surface area (Å²) < 4.78 is 1.79. The molecule has 0 radical (unpaired) electrons. The van der Waals surface area contributed by atoms with E-state index in [2.05, 4.69) is 39.5 Å². The van der Waals surface area contributed by atoms with Gasteiger partial charge in [0.2, 0.25) is 5.91 Å². The van der Waals surface area contributed by atoms with Gasteiger partial charge in [-0.3, -0.25) is 9.69 Å². The first-order valence-electron chi connectivity index (χ1n) is 11.6. The zero-order chi connectivity index (χ0) is 23.3.